The lowest BCUT2D eigenvalue weighted by molar-refractivity contribution is -0.140. The van der Waals surface area contributed by atoms with E-state index in [4.69, 9.17) is 9.47 Å². The number of ether oxygens (including phenoxy) is 2. The summed E-state index contributed by atoms with van der Waals surface area (Å²) >= 11 is 0. The summed E-state index contributed by atoms with van der Waals surface area (Å²) in [4.78, 5) is 28.1. The molecule has 0 heterocycles. The van der Waals surface area contributed by atoms with Crippen LogP contribution in [0.4, 0.5) is 4.39 Å². The Morgan fingerprint density at radius 2 is 1.53 bits per heavy atom. The van der Waals surface area contributed by atoms with Crippen molar-refractivity contribution in [3.63, 3.8) is 0 Å². The number of nitrogens with zero attached hydrogens (tertiary/aromatic N) is 1. The third-order valence-electron chi connectivity index (χ3n) is 5.59. The van der Waals surface area contributed by atoms with E-state index in [9.17, 15) is 14.0 Å². The van der Waals surface area contributed by atoms with E-state index < -0.39 is 6.04 Å². The highest BCUT2D eigenvalue weighted by atomic mass is 19.1. The van der Waals surface area contributed by atoms with Crippen molar-refractivity contribution < 1.29 is 23.5 Å². The summed E-state index contributed by atoms with van der Waals surface area (Å²) in [6.45, 7) is 0.164. The third-order valence-corrected chi connectivity index (χ3v) is 5.59. The molecule has 0 saturated carbocycles. The van der Waals surface area contributed by atoms with Crippen LogP contribution in [0.3, 0.4) is 0 Å². The largest absolute Gasteiger partial charge is 0.493 e. The summed E-state index contributed by atoms with van der Waals surface area (Å²) in [5.74, 6) is 0.214. The lowest BCUT2D eigenvalue weighted by atomic mass is 10.0. The van der Waals surface area contributed by atoms with Crippen molar-refractivity contribution in [2.45, 2.75) is 25.4 Å². The zero-order valence-electron chi connectivity index (χ0n) is 19.6. The normalized spacial score (nSPS) is 11.4. The second-order valence-electron chi connectivity index (χ2n) is 7.83. The number of hydrogen-bond acceptors (Lipinski definition) is 4. The molecular weight excluding hydrogens is 435 g/mol. The first-order valence-corrected chi connectivity index (χ1v) is 11.0. The lowest BCUT2D eigenvalue weighted by Gasteiger charge is -2.31. The van der Waals surface area contributed by atoms with Crippen LogP contribution in [0.2, 0.25) is 0 Å². The van der Waals surface area contributed by atoms with Gasteiger partial charge in [-0.2, -0.15) is 0 Å². The maximum atomic E-state index is 13.6. The van der Waals surface area contributed by atoms with Crippen LogP contribution in [0.15, 0.2) is 72.8 Å². The fraction of sp³-hybridized carbons (Fsp3) is 0.259. The Bertz CT molecular complexity index is 1100. The van der Waals surface area contributed by atoms with Gasteiger partial charge in [0, 0.05) is 20.0 Å². The van der Waals surface area contributed by atoms with Crippen molar-refractivity contribution in [3.05, 3.63) is 95.3 Å². The molecule has 0 aliphatic heterocycles. The molecule has 3 aromatic carbocycles. The van der Waals surface area contributed by atoms with Gasteiger partial charge in [-0.15, -0.1) is 0 Å². The van der Waals surface area contributed by atoms with Crippen LogP contribution in [-0.4, -0.2) is 44.0 Å². The van der Waals surface area contributed by atoms with Gasteiger partial charge < -0.3 is 19.7 Å². The molecule has 178 valence electrons. The van der Waals surface area contributed by atoms with Crippen LogP contribution < -0.4 is 14.8 Å². The maximum Gasteiger partial charge on any atom is 0.242 e. The predicted octanol–water partition coefficient (Wildman–Crippen LogP) is 3.77. The number of amides is 2. The molecule has 0 fully saturated rings. The minimum absolute atomic E-state index is 0.0594. The average molecular weight is 465 g/mol. The molecule has 0 aliphatic rings. The topological polar surface area (TPSA) is 67.9 Å². The Morgan fingerprint density at radius 1 is 0.882 bits per heavy atom. The SMILES string of the molecule is CNC(=O)C(Cc1ccccc1)N(Cc1ccc(F)cc1)C(=O)Cc1ccc(OC)c(OC)c1. The van der Waals surface area contributed by atoms with E-state index >= 15 is 0 Å². The second-order valence-corrected chi connectivity index (χ2v) is 7.83. The van der Waals surface area contributed by atoms with Crippen LogP contribution in [0, 0.1) is 5.82 Å². The first-order valence-electron chi connectivity index (χ1n) is 11.0. The Balaban J connectivity index is 1.94. The van der Waals surface area contributed by atoms with Crippen LogP contribution >= 0.6 is 0 Å². The molecule has 7 heteroatoms. The fourth-order valence-electron chi connectivity index (χ4n) is 3.77. The van der Waals surface area contributed by atoms with E-state index in [1.165, 1.54) is 19.2 Å². The minimum Gasteiger partial charge on any atom is -0.493 e. The van der Waals surface area contributed by atoms with E-state index in [1.807, 2.05) is 30.3 Å². The van der Waals surface area contributed by atoms with E-state index in [-0.39, 0.29) is 30.6 Å². The zero-order chi connectivity index (χ0) is 24.5. The van der Waals surface area contributed by atoms with E-state index in [0.717, 1.165) is 16.7 Å². The number of hydrogen-bond donors (Lipinski definition) is 1. The Kier molecular flexibility index (Phi) is 8.62. The molecule has 2 amide bonds. The summed E-state index contributed by atoms with van der Waals surface area (Å²) in [5, 5.41) is 2.68. The summed E-state index contributed by atoms with van der Waals surface area (Å²) in [6.07, 6.45) is 0.406. The lowest BCUT2D eigenvalue weighted by Crippen LogP contribution is -2.50. The molecule has 3 rings (SSSR count). The number of carbonyl (C=O) groups excluding carboxylic acids is 2. The van der Waals surface area contributed by atoms with Crippen molar-refractivity contribution in [2.75, 3.05) is 21.3 Å². The average Bonchev–Trinajstić information content (AvgIpc) is 2.87. The van der Waals surface area contributed by atoms with Gasteiger partial charge in [-0.3, -0.25) is 9.59 Å². The smallest absolute Gasteiger partial charge is 0.242 e. The van der Waals surface area contributed by atoms with Gasteiger partial charge >= 0.3 is 0 Å². The first kappa shape index (κ1) is 24.8. The zero-order valence-corrected chi connectivity index (χ0v) is 19.6. The molecule has 3 aromatic rings. The van der Waals surface area contributed by atoms with Gasteiger partial charge in [0.1, 0.15) is 11.9 Å². The molecule has 34 heavy (non-hydrogen) atoms. The van der Waals surface area contributed by atoms with E-state index in [0.29, 0.717) is 17.9 Å². The van der Waals surface area contributed by atoms with Crippen molar-refractivity contribution in [1.29, 1.82) is 0 Å². The Labute approximate surface area is 199 Å². The molecule has 0 bridgehead atoms. The number of nitrogens with one attached hydrogen (secondary N) is 1. The monoisotopic (exact) mass is 464 g/mol. The summed E-state index contributed by atoms with van der Waals surface area (Å²) in [6, 6.07) is 20.0. The second kappa shape index (κ2) is 11.8. The van der Waals surface area contributed by atoms with Crippen LogP contribution in [0.5, 0.6) is 11.5 Å². The molecule has 1 unspecified atom stereocenters. The Hall–Kier alpha value is -3.87. The highest BCUT2D eigenvalue weighted by molar-refractivity contribution is 5.88. The van der Waals surface area contributed by atoms with Crippen molar-refractivity contribution in [3.8, 4) is 11.5 Å². The molecule has 1 atom stereocenters. The molecule has 1 N–H and O–H groups in total. The number of likely N-dealkylation sites (N-methyl/N-ethyl adjacent to an activating group) is 1. The van der Waals surface area contributed by atoms with Gasteiger partial charge in [-0.25, -0.2) is 4.39 Å². The number of benzene rings is 3. The van der Waals surface area contributed by atoms with Gasteiger partial charge in [-0.1, -0.05) is 48.5 Å². The fourth-order valence-corrected chi connectivity index (χ4v) is 3.77. The summed E-state index contributed by atoms with van der Waals surface area (Å²) < 4.78 is 24.1. The van der Waals surface area contributed by atoms with Crippen LogP contribution in [0.25, 0.3) is 0 Å². The van der Waals surface area contributed by atoms with Crippen LogP contribution in [-0.2, 0) is 29.0 Å². The quantitative estimate of drug-likeness (QED) is 0.496. The predicted molar refractivity (Wildman–Crippen MR) is 128 cm³/mol. The molecule has 0 radical (unpaired) electrons. The number of carbonyl (C=O) groups is 2. The van der Waals surface area contributed by atoms with Crippen LogP contribution in [0.1, 0.15) is 16.7 Å². The molecule has 0 spiro atoms. The molecule has 0 saturated heterocycles. The van der Waals surface area contributed by atoms with Gasteiger partial charge in [0.2, 0.25) is 11.8 Å². The van der Waals surface area contributed by atoms with Crippen molar-refractivity contribution >= 4 is 11.8 Å². The van der Waals surface area contributed by atoms with E-state index in [2.05, 4.69) is 5.32 Å². The third kappa shape index (κ3) is 6.34. The highest BCUT2D eigenvalue weighted by Crippen LogP contribution is 2.28. The maximum absolute atomic E-state index is 13.6. The summed E-state index contributed by atoms with van der Waals surface area (Å²) in [5.41, 5.74) is 2.38. The van der Waals surface area contributed by atoms with Crippen molar-refractivity contribution in [1.82, 2.24) is 10.2 Å². The molecule has 0 aromatic heterocycles. The first-order chi connectivity index (χ1) is 16.4. The Morgan fingerprint density at radius 3 is 2.15 bits per heavy atom. The number of rotatable bonds is 10. The van der Waals surface area contributed by atoms with Gasteiger partial charge in [0.05, 0.1) is 20.6 Å². The van der Waals surface area contributed by atoms with E-state index in [1.54, 1.807) is 49.4 Å². The molecule has 0 aliphatic carbocycles. The molecule has 6 nitrogen and oxygen atoms in total. The standard InChI is InChI=1S/C27H29FN2O4/c1-29-27(32)23(15-19-7-5-4-6-8-19)30(18-20-9-12-22(28)13-10-20)26(31)17-21-11-14-24(33-2)25(16-21)34-3/h4-14,16,23H,15,17-18H2,1-3H3,(H,29,32). The van der Waals surface area contributed by atoms with Gasteiger partial charge in [-0.05, 0) is 41.0 Å². The number of halogens is 1. The number of methoxy groups -OCH3 is 2. The van der Waals surface area contributed by atoms with Gasteiger partial charge in [0.15, 0.2) is 11.5 Å². The minimum atomic E-state index is -0.745. The summed E-state index contributed by atoms with van der Waals surface area (Å²) in [7, 11) is 4.63. The van der Waals surface area contributed by atoms with Crippen molar-refractivity contribution in [2.24, 2.45) is 0 Å². The highest BCUT2D eigenvalue weighted by Gasteiger charge is 2.30. The molecular formula is C27H29FN2O4. The van der Waals surface area contributed by atoms with Gasteiger partial charge in [0.25, 0.3) is 0 Å².